The third-order valence-corrected chi connectivity index (χ3v) is 5.43. The average Bonchev–Trinajstić information content (AvgIpc) is 2.35. The summed E-state index contributed by atoms with van der Waals surface area (Å²) >= 11 is 0. The molecule has 0 bridgehead atoms. The minimum Gasteiger partial charge on any atom is -0.313 e. The molecule has 8 heteroatoms. The molecule has 1 rings (SSSR count). The highest BCUT2D eigenvalue weighted by Crippen LogP contribution is 2.22. The van der Waals surface area contributed by atoms with Gasteiger partial charge in [0.25, 0.3) is 16.6 Å². The summed E-state index contributed by atoms with van der Waals surface area (Å²) in [6.45, 7) is 4.18. The van der Waals surface area contributed by atoms with E-state index < -0.39 is 23.2 Å². The van der Waals surface area contributed by atoms with Gasteiger partial charge in [-0.2, -0.15) is 17.0 Å². The number of halogens is 2. The highest BCUT2D eigenvalue weighted by molar-refractivity contribution is 7.86. The van der Waals surface area contributed by atoms with Crippen molar-refractivity contribution in [2.24, 2.45) is 0 Å². The molecule has 0 saturated carbocycles. The van der Waals surface area contributed by atoms with E-state index in [0.29, 0.717) is 13.1 Å². The molecule has 0 aliphatic carbocycles. The average molecular weight is 313 g/mol. The van der Waals surface area contributed by atoms with E-state index in [-0.39, 0.29) is 12.1 Å². The quantitative estimate of drug-likeness (QED) is 0.770. The van der Waals surface area contributed by atoms with Gasteiger partial charge < -0.3 is 5.32 Å². The van der Waals surface area contributed by atoms with E-state index in [4.69, 9.17) is 0 Å². The van der Waals surface area contributed by atoms with Gasteiger partial charge in [0, 0.05) is 32.2 Å². The Kier molecular flexibility index (Phi) is 6.77. The summed E-state index contributed by atoms with van der Waals surface area (Å²) in [7, 11) is -2.60. The molecule has 1 heterocycles. The molecule has 0 amide bonds. The zero-order valence-corrected chi connectivity index (χ0v) is 13.2. The molecular weight excluding hydrogens is 288 g/mol. The van der Waals surface area contributed by atoms with Gasteiger partial charge in [-0.1, -0.05) is 20.3 Å². The molecule has 0 radical (unpaired) electrons. The van der Waals surface area contributed by atoms with Crippen molar-refractivity contribution in [3.05, 3.63) is 0 Å². The second kappa shape index (κ2) is 7.63. The first-order valence-electron chi connectivity index (χ1n) is 6.99. The van der Waals surface area contributed by atoms with E-state index in [1.54, 1.807) is 0 Å². The Labute approximate surface area is 120 Å². The van der Waals surface area contributed by atoms with Crippen LogP contribution in [0.5, 0.6) is 0 Å². The number of hydrogen-bond acceptors (Lipinski definition) is 3. The number of piperidine rings is 1. The third kappa shape index (κ3) is 4.91. The predicted molar refractivity (Wildman–Crippen MR) is 75.0 cm³/mol. The van der Waals surface area contributed by atoms with Gasteiger partial charge in [-0.05, 0) is 12.8 Å². The number of rotatable bonds is 7. The van der Waals surface area contributed by atoms with E-state index in [1.165, 1.54) is 11.4 Å². The standard InChI is InChI=1S/C12H25F2N3O2S/c1-10(2)15-8-11-6-4-5-7-17(11)20(18,19)16(3)9-12(13)14/h10-12,15H,4-9H2,1-3H3. The van der Waals surface area contributed by atoms with Crippen LogP contribution in [0.2, 0.25) is 0 Å². The van der Waals surface area contributed by atoms with Crippen molar-refractivity contribution in [2.45, 2.75) is 51.6 Å². The minimum atomic E-state index is -3.81. The van der Waals surface area contributed by atoms with Crippen LogP contribution >= 0.6 is 0 Å². The number of hydrogen-bond donors (Lipinski definition) is 1. The summed E-state index contributed by atoms with van der Waals surface area (Å²) in [6, 6.07) is 0.108. The van der Waals surface area contributed by atoms with Crippen LogP contribution in [-0.2, 0) is 10.2 Å². The lowest BCUT2D eigenvalue weighted by molar-refractivity contribution is 0.121. The highest BCUT2D eigenvalue weighted by Gasteiger charge is 2.35. The van der Waals surface area contributed by atoms with E-state index in [2.05, 4.69) is 5.32 Å². The monoisotopic (exact) mass is 313 g/mol. The lowest BCUT2D eigenvalue weighted by atomic mass is 10.0. The normalized spacial score (nSPS) is 22.1. The van der Waals surface area contributed by atoms with Crippen molar-refractivity contribution < 1.29 is 17.2 Å². The molecule has 1 saturated heterocycles. The van der Waals surface area contributed by atoms with Gasteiger partial charge in [-0.25, -0.2) is 8.78 Å². The smallest absolute Gasteiger partial charge is 0.282 e. The summed E-state index contributed by atoms with van der Waals surface area (Å²) in [5.41, 5.74) is 0. The summed E-state index contributed by atoms with van der Waals surface area (Å²) in [5.74, 6) is 0. The lowest BCUT2D eigenvalue weighted by Gasteiger charge is -2.37. The number of nitrogens with zero attached hydrogens (tertiary/aromatic N) is 2. The molecule has 1 N–H and O–H groups in total. The van der Waals surface area contributed by atoms with Gasteiger partial charge in [0.15, 0.2) is 0 Å². The second-order valence-electron chi connectivity index (χ2n) is 5.50. The Hall–Kier alpha value is -0.310. The largest absolute Gasteiger partial charge is 0.313 e. The van der Waals surface area contributed by atoms with Gasteiger partial charge >= 0.3 is 0 Å². The van der Waals surface area contributed by atoms with E-state index in [0.717, 1.165) is 23.6 Å². The molecule has 0 aromatic rings. The van der Waals surface area contributed by atoms with Gasteiger partial charge in [0.2, 0.25) is 0 Å². The maximum atomic E-state index is 12.4. The zero-order chi connectivity index (χ0) is 15.3. The molecule has 1 unspecified atom stereocenters. The first-order chi connectivity index (χ1) is 9.25. The Balaban J connectivity index is 2.77. The Morgan fingerprint density at radius 1 is 1.35 bits per heavy atom. The van der Waals surface area contributed by atoms with Crippen LogP contribution in [0.25, 0.3) is 0 Å². The molecule has 1 aliphatic rings. The number of nitrogens with one attached hydrogen (secondary N) is 1. The third-order valence-electron chi connectivity index (χ3n) is 3.42. The fourth-order valence-corrected chi connectivity index (χ4v) is 3.90. The maximum absolute atomic E-state index is 12.4. The Morgan fingerprint density at radius 2 is 2.00 bits per heavy atom. The van der Waals surface area contributed by atoms with Gasteiger partial charge in [0.1, 0.15) is 0 Å². The van der Waals surface area contributed by atoms with Crippen LogP contribution in [-0.4, -0.2) is 62.2 Å². The molecule has 0 aromatic carbocycles. The van der Waals surface area contributed by atoms with Crippen LogP contribution in [0.15, 0.2) is 0 Å². The van der Waals surface area contributed by atoms with Crippen LogP contribution in [0.4, 0.5) is 8.78 Å². The Bertz CT molecular complexity index is 390. The zero-order valence-electron chi connectivity index (χ0n) is 12.3. The SMILES string of the molecule is CC(C)NCC1CCCCN1S(=O)(=O)N(C)CC(F)F. The molecule has 1 atom stereocenters. The molecular formula is C12H25F2N3O2S. The summed E-state index contributed by atoms with van der Waals surface area (Å²) in [5, 5.41) is 3.22. The molecule has 1 aliphatic heterocycles. The number of alkyl halides is 2. The molecule has 0 aromatic heterocycles. The first kappa shape index (κ1) is 17.7. The molecule has 5 nitrogen and oxygen atoms in total. The van der Waals surface area contributed by atoms with E-state index in [1.807, 2.05) is 13.8 Å². The van der Waals surface area contributed by atoms with E-state index >= 15 is 0 Å². The van der Waals surface area contributed by atoms with Gasteiger partial charge in [0.05, 0.1) is 6.54 Å². The summed E-state index contributed by atoms with van der Waals surface area (Å²) in [4.78, 5) is 0. The van der Waals surface area contributed by atoms with Crippen molar-refractivity contribution in [3.63, 3.8) is 0 Å². The fourth-order valence-electron chi connectivity index (χ4n) is 2.32. The van der Waals surface area contributed by atoms with Gasteiger partial charge in [-0.15, -0.1) is 0 Å². The lowest BCUT2D eigenvalue weighted by Crippen LogP contribution is -2.53. The van der Waals surface area contributed by atoms with Crippen LogP contribution < -0.4 is 5.32 Å². The Morgan fingerprint density at radius 3 is 2.55 bits per heavy atom. The van der Waals surface area contributed by atoms with Crippen molar-refractivity contribution >= 4 is 10.2 Å². The van der Waals surface area contributed by atoms with Gasteiger partial charge in [-0.3, -0.25) is 0 Å². The van der Waals surface area contributed by atoms with E-state index in [9.17, 15) is 17.2 Å². The van der Waals surface area contributed by atoms with Crippen molar-refractivity contribution in [2.75, 3.05) is 26.7 Å². The van der Waals surface area contributed by atoms with Crippen molar-refractivity contribution in [3.8, 4) is 0 Å². The second-order valence-corrected chi connectivity index (χ2v) is 7.49. The molecule has 120 valence electrons. The molecule has 0 spiro atoms. The summed E-state index contributed by atoms with van der Waals surface area (Å²) in [6.07, 6.45) is -0.150. The molecule has 20 heavy (non-hydrogen) atoms. The highest BCUT2D eigenvalue weighted by atomic mass is 32.2. The van der Waals surface area contributed by atoms with Crippen LogP contribution in [0.3, 0.4) is 0 Å². The first-order valence-corrected chi connectivity index (χ1v) is 8.39. The predicted octanol–water partition coefficient (Wildman–Crippen LogP) is 1.28. The maximum Gasteiger partial charge on any atom is 0.282 e. The molecule has 1 fully saturated rings. The summed E-state index contributed by atoms with van der Waals surface area (Å²) < 4.78 is 51.7. The van der Waals surface area contributed by atoms with Crippen LogP contribution in [0, 0.1) is 0 Å². The van der Waals surface area contributed by atoms with Crippen molar-refractivity contribution in [1.82, 2.24) is 13.9 Å². The van der Waals surface area contributed by atoms with Crippen LogP contribution in [0.1, 0.15) is 33.1 Å². The van der Waals surface area contributed by atoms with Crippen molar-refractivity contribution in [1.29, 1.82) is 0 Å². The topological polar surface area (TPSA) is 52.7 Å². The minimum absolute atomic E-state index is 0.156. The fraction of sp³-hybridized carbons (Fsp3) is 1.00.